The molecule has 128 valence electrons. The highest BCUT2D eigenvalue weighted by Gasteiger charge is 2.23. The second kappa shape index (κ2) is 7.13. The van der Waals surface area contributed by atoms with Crippen LogP contribution in [-0.2, 0) is 24.4 Å². The van der Waals surface area contributed by atoms with Crippen molar-refractivity contribution in [3.05, 3.63) is 53.4 Å². The first-order chi connectivity index (χ1) is 11.5. The van der Waals surface area contributed by atoms with Gasteiger partial charge in [0.05, 0.1) is 37.0 Å². The second-order valence-electron chi connectivity index (χ2n) is 6.28. The van der Waals surface area contributed by atoms with E-state index in [1.54, 1.807) is 4.90 Å². The third-order valence-electron chi connectivity index (χ3n) is 4.13. The monoisotopic (exact) mass is 331 g/mol. The van der Waals surface area contributed by atoms with E-state index in [9.17, 15) is 9.18 Å². The van der Waals surface area contributed by atoms with Gasteiger partial charge in [0.1, 0.15) is 5.82 Å². The zero-order valence-electron chi connectivity index (χ0n) is 14.0. The molecular weight excluding hydrogens is 309 g/mol. The van der Waals surface area contributed by atoms with Crippen LogP contribution in [0.5, 0.6) is 0 Å². The number of carbonyl (C=O) groups is 1. The summed E-state index contributed by atoms with van der Waals surface area (Å²) in [6.07, 6.45) is 2.81. The molecule has 0 saturated heterocycles. The molecule has 0 radical (unpaired) electrons. The van der Waals surface area contributed by atoms with Gasteiger partial charge in [-0.05, 0) is 44.5 Å². The molecule has 5 nitrogen and oxygen atoms in total. The summed E-state index contributed by atoms with van der Waals surface area (Å²) in [6.45, 7) is 6.41. The van der Waals surface area contributed by atoms with Crippen LogP contribution in [0, 0.1) is 5.82 Å². The van der Waals surface area contributed by atoms with Gasteiger partial charge in [0.2, 0.25) is 0 Å². The molecule has 6 heteroatoms. The summed E-state index contributed by atoms with van der Waals surface area (Å²) in [5.74, 6) is -0.422. The summed E-state index contributed by atoms with van der Waals surface area (Å²) >= 11 is 0. The van der Waals surface area contributed by atoms with Gasteiger partial charge >= 0.3 is 0 Å². The topological polar surface area (TPSA) is 47.4 Å². The minimum atomic E-state index is -0.339. The largest absolute Gasteiger partial charge is 0.372 e. The molecule has 1 aromatic carbocycles. The number of nitrogens with zero attached hydrogens (tertiary/aromatic N) is 3. The molecule has 1 aliphatic heterocycles. The number of imidazole rings is 1. The van der Waals surface area contributed by atoms with Crippen molar-refractivity contribution >= 4 is 5.91 Å². The number of ether oxygens (including phenoxy) is 1. The molecule has 0 fully saturated rings. The molecule has 2 heterocycles. The summed E-state index contributed by atoms with van der Waals surface area (Å²) < 4.78 is 20.8. The van der Waals surface area contributed by atoms with Crippen LogP contribution in [0.25, 0.3) is 0 Å². The molecule has 0 unspecified atom stereocenters. The molecule has 0 aliphatic carbocycles. The lowest BCUT2D eigenvalue weighted by Crippen LogP contribution is -2.31. The number of aromatic nitrogens is 2. The van der Waals surface area contributed by atoms with Gasteiger partial charge in [-0.15, -0.1) is 0 Å². The van der Waals surface area contributed by atoms with Gasteiger partial charge in [0.25, 0.3) is 5.91 Å². The minimum absolute atomic E-state index is 0.0830. The Kier molecular flexibility index (Phi) is 4.94. The highest BCUT2D eigenvalue weighted by Crippen LogP contribution is 2.19. The molecule has 1 amide bonds. The smallest absolute Gasteiger partial charge is 0.254 e. The van der Waals surface area contributed by atoms with Gasteiger partial charge in [0.15, 0.2) is 0 Å². The fourth-order valence-corrected chi connectivity index (χ4v) is 2.83. The number of hydrogen-bond acceptors (Lipinski definition) is 3. The van der Waals surface area contributed by atoms with Crippen LogP contribution >= 0.6 is 0 Å². The van der Waals surface area contributed by atoms with E-state index in [4.69, 9.17) is 4.74 Å². The number of rotatable bonds is 4. The Morgan fingerprint density at radius 1 is 1.29 bits per heavy atom. The van der Waals surface area contributed by atoms with E-state index in [2.05, 4.69) is 9.55 Å². The lowest BCUT2D eigenvalue weighted by molar-refractivity contribution is 0.0620. The van der Waals surface area contributed by atoms with Gasteiger partial charge in [-0.3, -0.25) is 4.79 Å². The van der Waals surface area contributed by atoms with Crippen molar-refractivity contribution in [1.29, 1.82) is 0 Å². The Balaban J connectivity index is 1.79. The Morgan fingerprint density at radius 3 is 2.75 bits per heavy atom. The molecule has 2 aromatic rings. The molecule has 3 rings (SSSR count). The maximum absolute atomic E-state index is 13.1. The fraction of sp³-hybridized carbons (Fsp3) is 0.444. The van der Waals surface area contributed by atoms with Crippen molar-refractivity contribution in [1.82, 2.24) is 14.5 Å². The Labute approximate surface area is 141 Å². The zero-order valence-corrected chi connectivity index (χ0v) is 14.0. The predicted octanol–water partition coefficient (Wildman–Crippen LogP) is 2.99. The van der Waals surface area contributed by atoms with Crippen LogP contribution < -0.4 is 0 Å². The van der Waals surface area contributed by atoms with E-state index in [0.29, 0.717) is 25.3 Å². The van der Waals surface area contributed by atoms with E-state index in [1.165, 1.54) is 24.3 Å². The van der Waals surface area contributed by atoms with Crippen molar-refractivity contribution in [2.24, 2.45) is 0 Å². The molecule has 0 N–H and O–H groups in total. The average Bonchev–Trinajstić information content (AvgIpc) is 2.81. The Morgan fingerprint density at radius 2 is 2.04 bits per heavy atom. The molecule has 0 spiro atoms. The fourth-order valence-electron chi connectivity index (χ4n) is 2.83. The standard InChI is InChI=1S/C18H22FN3O2/c1-13(2)24-11-16-17-10-21(8-3-9-22(17)12-20-16)18(23)14-4-6-15(19)7-5-14/h4-7,12-13H,3,8-11H2,1-2H3. The highest BCUT2D eigenvalue weighted by atomic mass is 19.1. The summed E-state index contributed by atoms with van der Waals surface area (Å²) in [5.41, 5.74) is 2.40. The normalized spacial score (nSPS) is 14.6. The van der Waals surface area contributed by atoms with E-state index in [-0.39, 0.29) is 17.8 Å². The van der Waals surface area contributed by atoms with Gasteiger partial charge in [-0.2, -0.15) is 0 Å². The van der Waals surface area contributed by atoms with Crippen LogP contribution in [-0.4, -0.2) is 33.0 Å². The van der Waals surface area contributed by atoms with Gasteiger partial charge in [-0.25, -0.2) is 9.37 Å². The SMILES string of the molecule is CC(C)OCc1ncn2c1CN(C(=O)c1ccc(F)cc1)CCC2. The summed E-state index contributed by atoms with van der Waals surface area (Å²) in [4.78, 5) is 19.0. The first kappa shape index (κ1) is 16.6. The number of fused-ring (bicyclic) bond motifs is 1. The van der Waals surface area contributed by atoms with Crippen LogP contribution in [0.3, 0.4) is 0 Å². The lowest BCUT2D eigenvalue weighted by atomic mass is 10.2. The Bertz CT molecular complexity index is 710. The van der Waals surface area contributed by atoms with Crippen molar-refractivity contribution in [3.8, 4) is 0 Å². The summed E-state index contributed by atoms with van der Waals surface area (Å²) in [6, 6.07) is 5.69. The quantitative estimate of drug-likeness (QED) is 0.865. The van der Waals surface area contributed by atoms with Gasteiger partial charge < -0.3 is 14.2 Å². The number of hydrogen-bond donors (Lipinski definition) is 0. The first-order valence-corrected chi connectivity index (χ1v) is 8.24. The maximum atomic E-state index is 13.1. The molecule has 0 bridgehead atoms. The van der Waals surface area contributed by atoms with Crippen molar-refractivity contribution in [2.45, 2.75) is 46.1 Å². The van der Waals surface area contributed by atoms with E-state index < -0.39 is 0 Å². The third-order valence-corrected chi connectivity index (χ3v) is 4.13. The lowest BCUT2D eigenvalue weighted by Gasteiger charge is -2.21. The first-order valence-electron chi connectivity index (χ1n) is 8.24. The second-order valence-corrected chi connectivity index (χ2v) is 6.28. The number of amides is 1. The van der Waals surface area contributed by atoms with Crippen LogP contribution in [0.15, 0.2) is 30.6 Å². The predicted molar refractivity (Wildman–Crippen MR) is 87.9 cm³/mol. The molecule has 1 aromatic heterocycles. The van der Waals surface area contributed by atoms with Crippen LogP contribution in [0.2, 0.25) is 0 Å². The van der Waals surface area contributed by atoms with Crippen molar-refractivity contribution < 1.29 is 13.9 Å². The van der Waals surface area contributed by atoms with E-state index >= 15 is 0 Å². The van der Waals surface area contributed by atoms with E-state index in [1.807, 2.05) is 20.2 Å². The molecule has 1 aliphatic rings. The minimum Gasteiger partial charge on any atom is -0.372 e. The molecule has 0 saturated carbocycles. The van der Waals surface area contributed by atoms with E-state index in [0.717, 1.165) is 24.4 Å². The third kappa shape index (κ3) is 3.64. The van der Waals surface area contributed by atoms with Crippen LogP contribution in [0.4, 0.5) is 4.39 Å². The molecular formula is C18H22FN3O2. The van der Waals surface area contributed by atoms with Crippen LogP contribution in [0.1, 0.15) is 42.0 Å². The summed E-state index contributed by atoms with van der Waals surface area (Å²) in [7, 11) is 0. The van der Waals surface area contributed by atoms with Gasteiger partial charge in [-0.1, -0.05) is 0 Å². The number of carbonyl (C=O) groups excluding carboxylic acids is 1. The Hall–Kier alpha value is -2.21. The van der Waals surface area contributed by atoms with Crippen molar-refractivity contribution in [3.63, 3.8) is 0 Å². The number of benzene rings is 1. The number of aryl methyl sites for hydroxylation is 1. The van der Waals surface area contributed by atoms with Crippen molar-refractivity contribution in [2.75, 3.05) is 6.54 Å². The highest BCUT2D eigenvalue weighted by molar-refractivity contribution is 5.94. The van der Waals surface area contributed by atoms with Gasteiger partial charge in [0, 0.05) is 18.7 Å². The number of halogens is 1. The zero-order chi connectivity index (χ0) is 17.1. The average molecular weight is 331 g/mol. The molecule has 0 atom stereocenters. The molecule has 24 heavy (non-hydrogen) atoms. The maximum Gasteiger partial charge on any atom is 0.254 e. The summed E-state index contributed by atoms with van der Waals surface area (Å²) in [5, 5.41) is 0.